The SMILES string of the molecule is Cc1ccnc(CC(=O)N2CCC3(CC2)Cc2ccccc2C3)c1.O=C=O. The molecule has 1 aromatic carbocycles. The molecule has 1 aliphatic carbocycles. The molecule has 27 heavy (non-hydrogen) atoms. The third-order valence-corrected chi connectivity index (χ3v) is 5.73. The van der Waals surface area contributed by atoms with Gasteiger partial charge in [0, 0.05) is 25.0 Å². The van der Waals surface area contributed by atoms with Crippen LogP contribution in [0, 0.1) is 12.3 Å². The second-order valence-electron chi connectivity index (χ2n) is 7.59. The van der Waals surface area contributed by atoms with E-state index in [1.807, 2.05) is 24.0 Å². The number of aromatic nitrogens is 1. The van der Waals surface area contributed by atoms with Gasteiger partial charge in [-0.3, -0.25) is 9.78 Å². The van der Waals surface area contributed by atoms with Gasteiger partial charge < -0.3 is 4.90 Å². The first-order valence-corrected chi connectivity index (χ1v) is 9.31. The summed E-state index contributed by atoms with van der Waals surface area (Å²) in [6, 6.07) is 12.8. The summed E-state index contributed by atoms with van der Waals surface area (Å²) >= 11 is 0. The molecular weight excluding hydrogens is 340 g/mol. The molecule has 140 valence electrons. The Morgan fingerprint density at radius 2 is 1.70 bits per heavy atom. The van der Waals surface area contributed by atoms with Gasteiger partial charge >= 0.3 is 6.15 Å². The molecule has 5 nitrogen and oxygen atoms in total. The fraction of sp³-hybridized carbons (Fsp3) is 0.409. The van der Waals surface area contributed by atoms with Gasteiger partial charge in [-0.15, -0.1) is 0 Å². The monoisotopic (exact) mass is 364 g/mol. The van der Waals surface area contributed by atoms with Gasteiger partial charge in [0.1, 0.15) is 0 Å². The van der Waals surface area contributed by atoms with Crippen molar-refractivity contribution < 1.29 is 14.4 Å². The highest BCUT2D eigenvalue weighted by molar-refractivity contribution is 5.78. The Hall–Kier alpha value is -2.78. The predicted molar refractivity (Wildman–Crippen MR) is 99.8 cm³/mol. The highest BCUT2D eigenvalue weighted by atomic mass is 16.2. The Kier molecular flexibility index (Phi) is 5.82. The fourth-order valence-corrected chi connectivity index (χ4v) is 4.32. The molecule has 0 saturated carbocycles. The first-order valence-electron chi connectivity index (χ1n) is 9.31. The maximum absolute atomic E-state index is 12.6. The lowest BCUT2D eigenvalue weighted by molar-refractivity contribution is -0.191. The van der Waals surface area contributed by atoms with Gasteiger partial charge in [-0.25, -0.2) is 0 Å². The Labute approximate surface area is 159 Å². The highest BCUT2D eigenvalue weighted by Crippen LogP contribution is 2.44. The molecule has 5 heteroatoms. The number of fused-ring (bicyclic) bond motifs is 1. The lowest BCUT2D eigenvalue weighted by atomic mass is 9.76. The molecular formula is C22H24N2O3. The molecule has 0 bridgehead atoms. The van der Waals surface area contributed by atoms with Crippen LogP contribution in [0.25, 0.3) is 0 Å². The predicted octanol–water partition coefficient (Wildman–Crippen LogP) is 2.76. The number of benzene rings is 1. The molecule has 1 fully saturated rings. The quantitative estimate of drug-likeness (QED) is 0.822. The fourth-order valence-electron chi connectivity index (χ4n) is 4.32. The topological polar surface area (TPSA) is 67.3 Å². The Morgan fingerprint density at radius 3 is 2.26 bits per heavy atom. The van der Waals surface area contributed by atoms with E-state index in [2.05, 4.69) is 29.2 Å². The van der Waals surface area contributed by atoms with E-state index in [1.54, 1.807) is 6.20 Å². The molecule has 1 saturated heterocycles. The minimum absolute atomic E-state index is 0.221. The van der Waals surface area contributed by atoms with E-state index >= 15 is 0 Å². The van der Waals surface area contributed by atoms with Crippen LogP contribution in [-0.2, 0) is 33.6 Å². The highest BCUT2D eigenvalue weighted by Gasteiger charge is 2.40. The first-order chi connectivity index (χ1) is 13.0. The molecule has 0 N–H and O–H groups in total. The third kappa shape index (κ3) is 4.50. The minimum atomic E-state index is 0.221. The lowest BCUT2D eigenvalue weighted by Gasteiger charge is -2.39. The molecule has 1 spiro atoms. The number of nitrogens with zero attached hydrogens (tertiary/aromatic N) is 2. The van der Waals surface area contributed by atoms with Crippen LogP contribution < -0.4 is 0 Å². The van der Waals surface area contributed by atoms with Gasteiger partial charge in [-0.05, 0) is 66.8 Å². The number of likely N-dealkylation sites (tertiary alicyclic amines) is 1. The average molecular weight is 364 g/mol. The second-order valence-corrected chi connectivity index (χ2v) is 7.59. The normalized spacial score (nSPS) is 16.9. The maximum atomic E-state index is 12.6. The van der Waals surface area contributed by atoms with Gasteiger partial charge in [0.2, 0.25) is 5.91 Å². The number of carbonyl (C=O) groups excluding carboxylic acids is 3. The van der Waals surface area contributed by atoms with Crippen molar-refractivity contribution in [2.45, 2.75) is 39.0 Å². The summed E-state index contributed by atoms with van der Waals surface area (Å²) < 4.78 is 0. The molecule has 2 aliphatic rings. The van der Waals surface area contributed by atoms with Gasteiger partial charge in [0.05, 0.1) is 6.42 Å². The summed E-state index contributed by atoms with van der Waals surface area (Å²) in [5, 5.41) is 0. The number of amides is 1. The van der Waals surface area contributed by atoms with Crippen LogP contribution in [0.4, 0.5) is 0 Å². The van der Waals surface area contributed by atoms with Crippen LogP contribution >= 0.6 is 0 Å². The number of carbonyl (C=O) groups is 1. The van der Waals surface area contributed by atoms with Crippen LogP contribution in [0.15, 0.2) is 42.6 Å². The van der Waals surface area contributed by atoms with Gasteiger partial charge in [0.15, 0.2) is 0 Å². The molecule has 1 aliphatic heterocycles. The van der Waals surface area contributed by atoms with E-state index in [9.17, 15) is 4.79 Å². The Bertz CT molecular complexity index is 821. The summed E-state index contributed by atoms with van der Waals surface area (Å²) in [5.74, 6) is 0.221. The summed E-state index contributed by atoms with van der Waals surface area (Å²) in [7, 11) is 0. The van der Waals surface area contributed by atoms with Crippen LogP contribution in [-0.4, -0.2) is 35.0 Å². The summed E-state index contributed by atoms with van der Waals surface area (Å²) in [6.45, 7) is 3.81. The largest absolute Gasteiger partial charge is 0.373 e. The van der Waals surface area contributed by atoms with Crippen molar-refractivity contribution in [3.8, 4) is 0 Å². The third-order valence-electron chi connectivity index (χ3n) is 5.73. The number of rotatable bonds is 2. The molecule has 0 unspecified atom stereocenters. The van der Waals surface area contributed by atoms with Crippen molar-refractivity contribution >= 4 is 12.1 Å². The summed E-state index contributed by atoms with van der Waals surface area (Å²) in [5.41, 5.74) is 5.47. The van der Waals surface area contributed by atoms with Gasteiger partial charge in [-0.2, -0.15) is 9.59 Å². The van der Waals surface area contributed by atoms with Crippen molar-refractivity contribution in [3.63, 3.8) is 0 Å². The average Bonchev–Trinajstić information content (AvgIpc) is 3.00. The van der Waals surface area contributed by atoms with E-state index in [-0.39, 0.29) is 12.1 Å². The van der Waals surface area contributed by atoms with E-state index in [0.29, 0.717) is 11.8 Å². The number of aryl methyl sites for hydroxylation is 1. The molecule has 1 aromatic heterocycles. The molecule has 2 heterocycles. The number of hydrogen-bond donors (Lipinski definition) is 0. The number of pyridine rings is 1. The van der Waals surface area contributed by atoms with E-state index in [0.717, 1.165) is 37.2 Å². The second kappa shape index (κ2) is 8.28. The molecule has 0 atom stereocenters. The van der Waals surface area contributed by atoms with Gasteiger partial charge in [-0.1, -0.05) is 24.3 Å². The number of piperidine rings is 1. The zero-order chi connectivity index (χ0) is 19.3. The van der Waals surface area contributed by atoms with Crippen molar-refractivity contribution in [3.05, 3.63) is 65.0 Å². The van der Waals surface area contributed by atoms with E-state index < -0.39 is 0 Å². The van der Waals surface area contributed by atoms with Crippen LogP contribution in [0.2, 0.25) is 0 Å². The Balaban J connectivity index is 0.000000659. The zero-order valence-corrected chi connectivity index (χ0v) is 15.6. The smallest absolute Gasteiger partial charge is 0.342 e. The molecule has 2 aromatic rings. The van der Waals surface area contributed by atoms with Gasteiger partial charge in [0.25, 0.3) is 0 Å². The summed E-state index contributed by atoms with van der Waals surface area (Å²) in [6.07, 6.45) is 7.08. The standard InChI is InChI=1S/C21H24N2O.CO2/c1-16-6-9-22-19(12-16)13-20(24)23-10-7-21(8-11-23)14-17-4-2-3-5-18(17)15-21;2-1-3/h2-6,9,12H,7-8,10-11,13-15H2,1H3;. The van der Waals surface area contributed by atoms with Crippen LogP contribution in [0.5, 0.6) is 0 Å². The van der Waals surface area contributed by atoms with Crippen molar-refractivity contribution in [2.24, 2.45) is 5.41 Å². The zero-order valence-electron chi connectivity index (χ0n) is 15.6. The van der Waals surface area contributed by atoms with Crippen LogP contribution in [0.1, 0.15) is 35.2 Å². The lowest BCUT2D eigenvalue weighted by Crippen LogP contribution is -2.44. The molecule has 4 rings (SSSR count). The van der Waals surface area contributed by atoms with Crippen molar-refractivity contribution in [1.82, 2.24) is 9.88 Å². The first kappa shape index (κ1) is 19.0. The van der Waals surface area contributed by atoms with Crippen molar-refractivity contribution in [2.75, 3.05) is 13.1 Å². The Morgan fingerprint density at radius 1 is 1.11 bits per heavy atom. The molecule has 0 radical (unpaired) electrons. The van der Waals surface area contributed by atoms with Crippen LogP contribution in [0.3, 0.4) is 0 Å². The number of hydrogen-bond acceptors (Lipinski definition) is 4. The molecule has 1 amide bonds. The van der Waals surface area contributed by atoms with E-state index in [4.69, 9.17) is 9.59 Å². The maximum Gasteiger partial charge on any atom is 0.373 e. The van der Waals surface area contributed by atoms with Crippen molar-refractivity contribution in [1.29, 1.82) is 0 Å². The summed E-state index contributed by atoms with van der Waals surface area (Å²) in [4.78, 5) is 35.2. The minimum Gasteiger partial charge on any atom is -0.342 e. The van der Waals surface area contributed by atoms with E-state index in [1.165, 1.54) is 24.0 Å².